The molecule has 0 saturated carbocycles. The molecule has 1 aromatic carbocycles. The molecule has 0 N–H and O–H groups in total. The van der Waals surface area contributed by atoms with Crippen LogP contribution in [0.1, 0.15) is 20.3 Å². The smallest absolute Gasteiger partial charge is 0.491 e. The molecular weight excluding hydrogens is 295 g/mol. The Morgan fingerprint density at radius 2 is 1.60 bits per heavy atom. The molecule has 0 aliphatic rings. The predicted molar refractivity (Wildman–Crippen MR) is 70.9 cm³/mol. The molecule has 0 heterocycles. The number of hydrogen-bond acceptors (Lipinski definition) is 2. The van der Waals surface area contributed by atoms with Crippen LogP contribution in [0.4, 0.5) is 12.9 Å². The number of benzene rings is 1. The summed E-state index contributed by atoms with van der Waals surface area (Å²) in [4.78, 5) is 0. The van der Waals surface area contributed by atoms with E-state index in [-0.39, 0.29) is 51.4 Å². The summed E-state index contributed by atoms with van der Waals surface area (Å²) in [6, 6.07) is 4.74. The molecule has 0 spiro atoms. The molecule has 20 heavy (non-hydrogen) atoms. The van der Waals surface area contributed by atoms with Crippen LogP contribution in [0.15, 0.2) is 24.3 Å². The van der Waals surface area contributed by atoms with Crippen molar-refractivity contribution in [2.75, 3.05) is 19.8 Å². The van der Waals surface area contributed by atoms with E-state index in [1.54, 1.807) is 0 Å². The second kappa shape index (κ2) is 10.2. The Bertz CT molecular complexity index is 369. The molecule has 0 radical (unpaired) electrons. The Morgan fingerprint density at radius 3 is 2.10 bits per heavy atom. The van der Waals surface area contributed by atoms with Crippen LogP contribution < -0.4 is 61.6 Å². The maximum absolute atomic E-state index is 12.4. The summed E-state index contributed by atoms with van der Waals surface area (Å²) in [5, 5.41) is 0. The van der Waals surface area contributed by atoms with Crippen molar-refractivity contribution in [2.24, 2.45) is 5.92 Å². The summed E-state index contributed by atoms with van der Waals surface area (Å²) in [6.07, 6.45) is 0.988. The minimum absolute atomic E-state index is 0. The van der Waals surface area contributed by atoms with Gasteiger partial charge in [0.25, 0.3) is 0 Å². The Labute approximate surface area is 160 Å². The van der Waals surface area contributed by atoms with Gasteiger partial charge in [0.1, 0.15) is 12.4 Å². The Morgan fingerprint density at radius 1 is 1.00 bits per heavy atom. The largest absolute Gasteiger partial charge is 1.00 e. The molecule has 0 unspecified atom stereocenters. The number of hydrogen-bond donors (Lipinski definition) is 0. The van der Waals surface area contributed by atoms with Crippen LogP contribution in [0.2, 0.25) is 0 Å². The van der Waals surface area contributed by atoms with Crippen LogP contribution in [0, 0.1) is 5.92 Å². The molecule has 0 aromatic heterocycles. The Balaban J connectivity index is 0.00000361. The van der Waals surface area contributed by atoms with Gasteiger partial charge in [-0.05, 0) is 24.5 Å². The zero-order valence-corrected chi connectivity index (χ0v) is 15.4. The van der Waals surface area contributed by atoms with E-state index in [1.165, 1.54) is 12.1 Å². The van der Waals surface area contributed by atoms with Gasteiger partial charge >= 0.3 is 58.4 Å². The van der Waals surface area contributed by atoms with Crippen LogP contribution in [0.25, 0.3) is 0 Å². The molecule has 2 nitrogen and oxygen atoms in total. The van der Waals surface area contributed by atoms with Crippen LogP contribution in [-0.4, -0.2) is 26.8 Å². The van der Waals surface area contributed by atoms with Gasteiger partial charge in [-0.15, -0.1) is 5.46 Å². The van der Waals surface area contributed by atoms with Gasteiger partial charge in [-0.3, -0.25) is 0 Å². The van der Waals surface area contributed by atoms with E-state index in [0.29, 0.717) is 31.5 Å². The van der Waals surface area contributed by atoms with Gasteiger partial charge in [0.15, 0.2) is 0 Å². The fourth-order valence-electron chi connectivity index (χ4n) is 1.42. The van der Waals surface area contributed by atoms with E-state index < -0.39 is 12.4 Å². The fourth-order valence-corrected chi connectivity index (χ4v) is 1.42. The van der Waals surface area contributed by atoms with Gasteiger partial charge in [0.05, 0.1) is 6.61 Å². The second-order valence-electron chi connectivity index (χ2n) is 4.79. The van der Waals surface area contributed by atoms with Gasteiger partial charge in [-0.2, -0.15) is 0 Å². The molecule has 0 aliphatic heterocycles. The van der Waals surface area contributed by atoms with Crippen LogP contribution in [0.5, 0.6) is 5.75 Å². The van der Waals surface area contributed by atoms with E-state index in [4.69, 9.17) is 9.47 Å². The van der Waals surface area contributed by atoms with E-state index in [2.05, 4.69) is 13.8 Å². The van der Waals surface area contributed by atoms with Crippen molar-refractivity contribution < 1.29 is 73.8 Å². The standard InChI is InChI=1S/C13H19BF3O2.K/c1-11(2)7-8-18-9-10-19-13-5-3-12(4-6-13)14(15,16)17;/h3-6,11H,7-10H2,1-2H3;/q-1;+1. The summed E-state index contributed by atoms with van der Waals surface area (Å²) < 4.78 is 47.8. The van der Waals surface area contributed by atoms with E-state index >= 15 is 0 Å². The number of halogens is 3. The fraction of sp³-hybridized carbons (Fsp3) is 0.538. The normalized spacial score (nSPS) is 11.3. The van der Waals surface area contributed by atoms with Gasteiger partial charge < -0.3 is 22.4 Å². The van der Waals surface area contributed by atoms with Gasteiger partial charge in [-0.1, -0.05) is 26.0 Å². The zero-order chi connectivity index (χ0) is 14.3. The van der Waals surface area contributed by atoms with Crippen molar-refractivity contribution in [3.05, 3.63) is 24.3 Å². The first-order valence-electron chi connectivity index (χ1n) is 6.40. The Hall–Kier alpha value is 0.471. The van der Waals surface area contributed by atoms with Crippen LogP contribution in [0.3, 0.4) is 0 Å². The van der Waals surface area contributed by atoms with Crippen molar-refractivity contribution in [1.82, 2.24) is 0 Å². The first-order valence-corrected chi connectivity index (χ1v) is 6.40. The molecule has 0 aliphatic carbocycles. The van der Waals surface area contributed by atoms with E-state index in [1.807, 2.05) is 0 Å². The maximum Gasteiger partial charge on any atom is 1.00 e. The molecule has 7 heteroatoms. The number of rotatable bonds is 8. The predicted octanol–water partition coefficient (Wildman–Crippen LogP) is 0.187. The summed E-state index contributed by atoms with van der Waals surface area (Å²) in [6.45, 7) is 0.758. The zero-order valence-electron chi connectivity index (χ0n) is 12.2. The quantitative estimate of drug-likeness (QED) is 0.504. The minimum atomic E-state index is -4.93. The van der Waals surface area contributed by atoms with Crippen LogP contribution >= 0.6 is 0 Å². The monoisotopic (exact) mass is 314 g/mol. The molecule has 1 rings (SSSR count). The molecule has 0 bridgehead atoms. The summed E-state index contributed by atoms with van der Waals surface area (Å²) >= 11 is 0. The third-order valence-electron chi connectivity index (χ3n) is 2.59. The van der Waals surface area contributed by atoms with Crippen molar-refractivity contribution >= 4 is 12.4 Å². The number of ether oxygens (including phenoxy) is 2. The van der Waals surface area contributed by atoms with Crippen molar-refractivity contribution in [1.29, 1.82) is 0 Å². The maximum atomic E-state index is 12.4. The molecule has 0 saturated heterocycles. The average molecular weight is 314 g/mol. The first-order chi connectivity index (χ1) is 8.89. The summed E-state index contributed by atoms with van der Waals surface area (Å²) in [7, 11) is 0. The molecular formula is C13H19BF3KO2. The third-order valence-corrected chi connectivity index (χ3v) is 2.59. The Kier molecular flexibility index (Phi) is 10.5. The molecule has 108 valence electrons. The van der Waals surface area contributed by atoms with Crippen LogP contribution in [-0.2, 0) is 4.74 Å². The second-order valence-corrected chi connectivity index (χ2v) is 4.79. The van der Waals surface area contributed by atoms with Crippen molar-refractivity contribution in [2.45, 2.75) is 20.3 Å². The molecule has 0 atom stereocenters. The van der Waals surface area contributed by atoms with Crippen molar-refractivity contribution in [3.63, 3.8) is 0 Å². The van der Waals surface area contributed by atoms with Crippen molar-refractivity contribution in [3.8, 4) is 5.75 Å². The molecule has 1 aromatic rings. The summed E-state index contributed by atoms with van der Waals surface area (Å²) in [5.74, 6) is 1.02. The minimum Gasteiger partial charge on any atom is -0.491 e. The third kappa shape index (κ3) is 8.69. The van der Waals surface area contributed by atoms with E-state index in [0.717, 1.165) is 18.6 Å². The van der Waals surface area contributed by atoms with E-state index in [9.17, 15) is 12.9 Å². The van der Waals surface area contributed by atoms with Gasteiger partial charge in [0.2, 0.25) is 0 Å². The average Bonchev–Trinajstić information content (AvgIpc) is 2.32. The molecule has 0 fully saturated rings. The SMILES string of the molecule is CC(C)CCOCCOc1ccc([B-](F)(F)F)cc1.[K+]. The molecule has 0 amide bonds. The van der Waals surface area contributed by atoms with Gasteiger partial charge in [-0.25, -0.2) is 0 Å². The summed E-state index contributed by atoms with van der Waals surface area (Å²) in [5.41, 5.74) is -0.611. The topological polar surface area (TPSA) is 18.5 Å². The van der Waals surface area contributed by atoms with Gasteiger partial charge in [0, 0.05) is 6.61 Å². The first kappa shape index (κ1) is 20.5.